The fourth-order valence-electron chi connectivity index (χ4n) is 3.71. The Morgan fingerprint density at radius 3 is 2.69 bits per heavy atom. The van der Waals surface area contributed by atoms with Gasteiger partial charge in [0.05, 0.1) is 20.1 Å². The quantitative estimate of drug-likeness (QED) is 0.473. The number of rotatable bonds is 4. The van der Waals surface area contributed by atoms with Crippen LogP contribution in [0.3, 0.4) is 0 Å². The number of fused-ring (bicyclic) bond motifs is 1. The largest absolute Gasteiger partial charge is 0.297 e. The van der Waals surface area contributed by atoms with Gasteiger partial charge in [0.25, 0.3) is 5.69 Å². The van der Waals surface area contributed by atoms with Crippen LogP contribution in [-0.4, -0.2) is 27.9 Å². The van der Waals surface area contributed by atoms with E-state index >= 15 is 0 Å². The third-order valence-corrected chi connectivity index (χ3v) is 6.50. The molecule has 1 aromatic heterocycles. The molecule has 0 spiro atoms. The van der Waals surface area contributed by atoms with Gasteiger partial charge in [-0.25, -0.2) is 4.98 Å². The summed E-state index contributed by atoms with van der Waals surface area (Å²) in [5.74, 6) is 0.515. The van der Waals surface area contributed by atoms with E-state index in [0.717, 1.165) is 37.0 Å². The summed E-state index contributed by atoms with van der Waals surface area (Å²) in [5.41, 5.74) is 2.27. The van der Waals surface area contributed by atoms with Gasteiger partial charge >= 0.3 is 0 Å². The highest BCUT2D eigenvalue weighted by Gasteiger charge is 2.26. The van der Waals surface area contributed by atoms with E-state index in [9.17, 15) is 10.1 Å². The second kappa shape index (κ2) is 7.13. The fraction of sp³-hybridized carbons (Fsp3) is 0.350. The minimum Gasteiger partial charge on any atom is -0.297 e. The molecule has 0 bridgehead atoms. The molecule has 5 nitrogen and oxygen atoms in total. The lowest BCUT2D eigenvalue weighted by atomic mass is 9.95. The highest BCUT2D eigenvalue weighted by atomic mass is 32.1. The molecule has 1 aliphatic rings. The lowest BCUT2D eigenvalue weighted by molar-refractivity contribution is -0.385. The zero-order valence-corrected chi connectivity index (χ0v) is 15.5. The summed E-state index contributed by atoms with van der Waals surface area (Å²) in [6.45, 7) is 4.12. The van der Waals surface area contributed by atoms with Gasteiger partial charge in [-0.15, -0.1) is 11.3 Å². The van der Waals surface area contributed by atoms with E-state index in [1.54, 1.807) is 18.2 Å². The van der Waals surface area contributed by atoms with Crippen molar-refractivity contribution in [1.29, 1.82) is 0 Å². The van der Waals surface area contributed by atoms with Crippen molar-refractivity contribution in [3.05, 3.63) is 69.2 Å². The number of aromatic nitrogens is 1. The number of benzene rings is 2. The van der Waals surface area contributed by atoms with Crippen molar-refractivity contribution in [2.45, 2.75) is 31.7 Å². The molecule has 0 aliphatic carbocycles. The summed E-state index contributed by atoms with van der Waals surface area (Å²) < 4.78 is 1.26. The van der Waals surface area contributed by atoms with Crippen molar-refractivity contribution in [3.8, 4) is 0 Å². The molecule has 0 N–H and O–H groups in total. The van der Waals surface area contributed by atoms with Crippen LogP contribution in [0.2, 0.25) is 0 Å². The maximum Gasteiger partial charge on any atom is 0.269 e. The molecule has 2 aromatic carbocycles. The zero-order valence-electron chi connectivity index (χ0n) is 14.7. The second-order valence-corrected chi connectivity index (χ2v) is 7.92. The summed E-state index contributed by atoms with van der Waals surface area (Å²) >= 11 is 1.81. The second-order valence-electron chi connectivity index (χ2n) is 6.86. The lowest BCUT2D eigenvalue weighted by Gasteiger charge is -2.35. The molecule has 0 radical (unpaired) electrons. The van der Waals surface area contributed by atoms with E-state index in [-0.39, 0.29) is 16.7 Å². The van der Waals surface area contributed by atoms with E-state index < -0.39 is 0 Å². The average molecular weight is 367 g/mol. The van der Waals surface area contributed by atoms with E-state index in [4.69, 9.17) is 4.98 Å². The van der Waals surface area contributed by atoms with E-state index in [0.29, 0.717) is 5.92 Å². The molecule has 6 heteroatoms. The van der Waals surface area contributed by atoms with Gasteiger partial charge in [0.2, 0.25) is 0 Å². The molecular weight excluding hydrogens is 346 g/mol. The number of hydrogen-bond acceptors (Lipinski definition) is 5. The van der Waals surface area contributed by atoms with Gasteiger partial charge in [0.1, 0.15) is 0 Å². The van der Waals surface area contributed by atoms with Crippen molar-refractivity contribution in [2.75, 3.05) is 13.1 Å². The van der Waals surface area contributed by atoms with Crippen LogP contribution in [0.15, 0.2) is 48.5 Å². The fourth-order valence-corrected chi connectivity index (χ4v) is 4.84. The Hall–Kier alpha value is -2.31. The van der Waals surface area contributed by atoms with Crippen molar-refractivity contribution >= 4 is 27.2 Å². The average Bonchev–Trinajstić information content (AvgIpc) is 3.12. The highest BCUT2D eigenvalue weighted by molar-refractivity contribution is 7.18. The van der Waals surface area contributed by atoms with Crippen LogP contribution in [0, 0.1) is 10.1 Å². The number of nitrogens with zero attached hydrogens (tertiary/aromatic N) is 3. The van der Waals surface area contributed by atoms with Gasteiger partial charge in [-0.3, -0.25) is 15.0 Å². The topological polar surface area (TPSA) is 59.3 Å². The predicted molar refractivity (Wildman–Crippen MR) is 105 cm³/mol. The van der Waals surface area contributed by atoms with Crippen molar-refractivity contribution in [3.63, 3.8) is 0 Å². The van der Waals surface area contributed by atoms with Crippen LogP contribution >= 0.6 is 11.3 Å². The van der Waals surface area contributed by atoms with Crippen LogP contribution in [0.4, 0.5) is 5.69 Å². The van der Waals surface area contributed by atoms with Crippen LogP contribution in [0.25, 0.3) is 10.2 Å². The Labute approximate surface area is 156 Å². The Balaban J connectivity index is 1.44. The van der Waals surface area contributed by atoms with Gasteiger partial charge in [0, 0.05) is 24.1 Å². The number of nitro groups is 1. The van der Waals surface area contributed by atoms with Gasteiger partial charge < -0.3 is 0 Å². The maximum absolute atomic E-state index is 11.0. The summed E-state index contributed by atoms with van der Waals surface area (Å²) in [7, 11) is 0. The molecule has 1 aliphatic heterocycles. The number of piperidine rings is 1. The van der Waals surface area contributed by atoms with Crippen molar-refractivity contribution in [2.24, 2.45) is 0 Å². The Bertz CT molecular complexity index is 898. The Morgan fingerprint density at radius 2 is 1.96 bits per heavy atom. The maximum atomic E-state index is 11.0. The minimum atomic E-state index is -0.324. The number of thiazole rings is 1. The molecule has 0 amide bonds. The lowest BCUT2D eigenvalue weighted by Crippen LogP contribution is -2.35. The van der Waals surface area contributed by atoms with Crippen LogP contribution in [-0.2, 0) is 0 Å². The first-order chi connectivity index (χ1) is 12.6. The third-order valence-electron chi connectivity index (χ3n) is 5.30. The van der Waals surface area contributed by atoms with E-state index in [1.165, 1.54) is 9.71 Å². The molecule has 1 atom stereocenters. The first-order valence-corrected chi connectivity index (χ1v) is 9.77. The SMILES string of the molecule is C[C@@H](c1cccc([N+](=O)[O-])c1)N1CCC(c2nc3ccccc3s2)CC1. The van der Waals surface area contributed by atoms with Crippen molar-refractivity contribution in [1.82, 2.24) is 9.88 Å². The molecule has 0 saturated carbocycles. The number of para-hydroxylation sites is 1. The number of hydrogen-bond donors (Lipinski definition) is 0. The van der Waals surface area contributed by atoms with Crippen molar-refractivity contribution < 1.29 is 4.92 Å². The number of likely N-dealkylation sites (tertiary alicyclic amines) is 1. The molecule has 4 rings (SSSR count). The first kappa shape index (κ1) is 17.1. The van der Waals surface area contributed by atoms with Gasteiger partial charge in [-0.1, -0.05) is 24.3 Å². The summed E-state index contributed by atoms with van der Waals surface area (Å²) in [6.07, 6.45) is 2.16. The molecule has 1 saturated heterocycles. The molecule has 26 heavy (non-hydrogen) atoms. The Morgan fingerprint density at radius 1 is 1.19 bits per heavy atom. The smallest absolute Gasteiger partial charge is 0.269 e. The first-order valence-electron chi connectivity index (χ1n) is 8.95. The Kier molecular flexibility index (Phi) is 4.70. The van der Waals surface area contributed by atoms with E-state index in [1.807, 2.05) is 23.5 Å². The summed E-state index contributed by atoms with van der Waals surface area (Å²) in [6, 6.07) is 15.5. The monoisotopic (exact) mass is 367 g/mol. The summed E-state index contributed by atoms with van der Waals surface area (Å²) in [4.78, 5) is 17.9. The molecule has 3 aromatic rings. The van der Waals surface area contributed by atoms with Crippen LogP contribution in [0.5, 0.6) is 0 Å². The molecule has 134 valence electrons. The number of non-ortho nitro benzene ring substituents is 1. The minimum absolute atomic E-state index is 0.165. The van der Waals surface area contributed by atoms with Gasteiger partial charge in [-0.05, 0) is 50.6 Å². The summed E-state index contributed by atoms with van der Waals surface area (Å²) in [5, 5.41) is 12.3. The van der Waals surface area contributed by atoms with Gasteiger partial charge in [-0.2, -0.15) is 0 Å². The molecule has 0 unspecified atom stereocenters. The molecule has 1 fully saturated rings. The highest BCUT2D eigenvalue weighted by Crippen LogP contribution is 2.36. The molecular formula is C20H21N3O2S. The van der Waals surface area contributed by atoms with Gasteiger partial charge in [0.15, 0.2) is 0 Å². The molecule has 2 heterocycles. The third kappa shape index (κ3) is 3.34. The predicted octanol–water partition coefficient (Wildman–Crippen LogP) is 5.15. The number of nitro benzene ring substituents is 1. The normalized spacial score (nSPS) is 17.4. The van der Waals surface area contributed by atoms with Crippen LogP contribution in [0.1, 0.15) is 42.3 Å². The zero-order chi connectivity index (χ0) is 18.1. The standard InChI is InChI=1S/C20H21N3O2S/c1-14(16-5-4-6-17(13-16)23(24)25)22-11-9-15(10-12-22)20-21-18-7-2-3-8-19(18)26-20/h2-8,13-15H,9-12H2,1H3/t14-/m0/s1. The van der Waals surface area contributed by atoms with Crippen LogP contribution < -0.4 is 0 Å². The van der Waals surface area contributed by atoms with E-state index in [2.05, 4.69) is 30.0 Å².